The van der Waals surface area contributed by atoms with Gasteiger partial charge in [0.05, 0.1) is 12.1 Å². The highest BCUT2D eigenvalue weighted by molar-refractivity contribution is 6.10. The average Bonchev–Trinajstić information content (AvgIpc) is 2.33. The Balaban J connectivity index is 2.86. The second kappa shape index (κ2) is 6.02. The Morgan fingerprint density at radius 2 is 2.11 bits per heavy atom. The van der Waals surface area contributed by atoms with E-state index in [0.29, 0.717) is 11.3 Å². The molecule has 18 heavy (non-hydrogen) atoms. The molecule has 0 bridgehead atoms. The Morgan fingerprint density at radius 3 is 2.61 bits per heavy atom. The molecule has 1 aromatic rings. The molecule has 6 nitrogen and oxygen atoms in total. The van der Waals surface area contributed by atoms with Gasteiger partial charge in [0.1, 0.15) is 12.1 Å². The lowest BCUT2D eigenvalue weighted by Crippen LogP contribution is -2.03. The van der Waals surface area contributed by atoms with Crippen molar-refractivity contribution in [2.75, 3.05) is 5.43 Å². The zero-order valence-corrected chi connectivity index (χ0v) is 9.64. The van der Waals surface area contributed by atoms with Gasteiger partial charge < -0.3 is 5.11 Å². The smallest absolute Gasteiger partial charge is 0.307 e. The van der Waals surface area contributed by atoms with Crippen LogP contribution in [0.15, 0.2) is 23.3 Å². The monoisotopic (exact) mass is 242 g/mol. The van der Waals surface area contributed by atoms with Gasteiger partial charge in [-0.15, -0.1) is 0 Å². The molecule has 0 amide bonds. The molecule has 1 aromatic carbocycles. The lowest BCUT2D eigenvalue weighted by molar-refractivity contribution is -0.136. The summed E-state index contributed by atoms with van der Waals surface area (Å²) in [4.78, 5) is 10.6. The third kappa shape index (κ3) is 3.62. The van der Waals surface area contributed by atoms with Gasteiger partial charge in [-0.3, -0.25) is 10.2 Å². The molecular formula is C12H10N4O2. The third-order valence-corrected chi connectivity index (χ3v) is 2.19. The van der Waals surface area contributed by atoms with Crippen molar-refractivity contribution in [1.82, 2.24) is 0 Å². The Hall–Kier alpha value is -2.86. The summed E-state index contributed by atoms with van der Waals surface area (Å²) in [5, 5.41) is 29.3. The minimum Gasteiger partial charge on any atom is -0.481 e. The summed E-state index contributed by atoms with van der Waals surface area (Å²) in [5.74, 6) is -0.895. The molecule has 6 heteroatoms. The molecule has 0 atom stereocenters. The van der Waals surface area contributed by atoms with Crippen LogP contribution in [0, 0.1) is 29.6 Å². The fourth-order valence-corrected chi connectivity index (χ4v) is 1.32. The van der Waals surface area contributed by atoms with Crippen molar-refractivity contribution in [1.29, 1.82) is 10.5 Å². The molecule has 0 aliphatic rings. The number of anilines is 1. The zero-order valence-electron chi connectivity index (χ0n) is 9.64. The SMILES string of the molecule is Cc1cc(NN=C(C#N)C#N)ccc1CC(=O)O. The highest BCUT2D eigenvalue weighted by Gasteiger charge is 2.04. The van der Waals surface area contributed by atoms with Crippen molar-refractivity contribution in [3.05, 3.63) is 29.3 Å². The van der Waals surface area contributed by atoms with Crippen LogP contribution in [0.25, 0.3) is 0 Å². The van der Waals surface area contributed by atoms with Crippen LogP contribution in [0.1, 0.15) is 11.1 Å². The summed E-state index contributed by atoms with van der Waals surface area (Å²) in [5.41, 5.74) is 4.38. The van der Waals surface area contributed by atoms with Crippen LogP contribution in [0.2, 0.25) is 0 Å². The predicted octanol–water partition coefficient (Wildman–Crippen LogP) is 1.44. The van der Waals surface area contributed by atoms with Crippen molar-refractivity contribution >= 4 is 17.4 Å². The Bertz CT molecular complexity index is 563. The second-order valence-electron chi connectivity index (χ2n) is 3.51. The molecule has 0 saturated heterocycles. The summed E-state index contributed by atoms with van der Waals surface area (Å²) >= 11 is 0. The molecule has 0 radical (unpaired) electrons. The molecule has 0 saturated carbocycles. The van der Waals surface area contributed by atoms with Gasteiger partial charge in [-0.25, -0.2) is 0 Å². The summed E-state index contributed by atoms with van der Waals surface area (Å²) < 4.78 is 0. The number of carboxylic acids is 1. The first-order valence-electron chi connectivity index (χ1n) is 5.02. The molecule has 90 valence electrons. The molecule has 0 aromatic heterocycles. The maximum atomic E-state index is 10.6. The van der Waals surface area contributed by atoms with Gasteiger partial charge in [0.2, 0.25) is 5.71 Å². The Labute approximate surface area is 104 Å². The molecule has 0 aliphatic heterocycles. The highest BCUT2D eigenvalue weighted by atomic mass is 16.4. The van der Waals surface area contributed by atoms with Gasteiger partial charge in [-0.2, -0.15) is 15.6 Å². The lowest BCUT2D eigenvalue weighted by atomic mass is 10.1. The van der Waals surface area contributed by atoms with Gasteiger partial charge in [-0.1, -0.05) is 6.07 Å². The third-order valence-electron chi connectivity index (χ3n) is 2.19. The minimum atomic E-state index is -0.895. The number of hydrogen-bond donors (Lipinski definition) is 2. The number of rotatable bonds is 4. The van der Waals surface area contributed by atoms with Crippen molar-refractivity contribution < 1.29 is 9.90 Å². The van der Waals surface area contributed by atoms with Gasteiger partial charge in [-0.05, 0) is 30.2 Å². The number of hydrogen-bond acceptors (Lipinski definition) is 5. The number of carbonyl (C=O) groups is 1. The van der Waals surface area contributed by atoms with E-state index in [4.69, 9.17) is 15.6 Å². The van der Waals surface area contributed by atoms with Crippen LogP contribution >= 0.6 is 0 Å². The Morgan fingerprint density at radius 1 is 1.44 bits per heavy atom. The summed E-state index contributed by atoms with van der Waals surface area (Å²) in [6.45, 7) is 1.78. The number of nitrogens with zero attached hydrogens (tertiary/aromatic N) is 3. The highest BCUT2D eigenvalue weighted by Crippen LogP contribution is 2.15. The molecule has 0 unspecified atom stereocenters. The lowest BCUT2D eigenvalue weighted by Gasteiger charge is -2.06. The van der Waals surface area contributed by atoms with E-state index in [2.05, 4.69) is 10.5 Å². The van der Waals surface area contributed by atoms with Crippen molar-refractivity contribution in [2.45, 2.75) is 13.3 Å². The number of aryl methyl sites for hydroxylation is 1. The quantitative estimate of drug-likeness (QED) is 0.613. The molecule has 0 aliphatic carbocycles. The van der Waals surface area contributed by atoms with E-state index in [-0.39, 0.29) is 12.1 Å². The first kappa shape index (κ1) is 13.2. The summed E-state index contributed by atoms with van der Waals surface area (Å²) in [7, 11) is 0. The zero-order chi connectivity index (χ0) is 13.5. The van der Waals surface area contributed by atoms with Crippen LogP contribution in [-0.2, 0) is 11.2 Å². The van der Waals surface area contributed by atoms with Gasteiger partial charge in [0, 0.05) is 0 Å². The van der Waals surface area contributed by atoms with Crippen LogP contribution < -0.4 is 5.43 Å². The topological polar surface area (TPSA) is 109 Å². The summed E-state index contributed by atoms with van der Waals surface area (Å²) in [6, 6.07) is 8.25. The molecule has 0 spiro atoms. The number of aliphatic carboxylic acids is 1. The Kier molecular flexibility index (Phi) is 4.42. The van der Waals surface area contributed by atoms with E-state index in [9.17, 15) is 4.79 Å². The van der Waals surface area contributed by atoms with Crippen LogP contribution in [-0.4, -0.2) is 16.8 Å². The molecule has 1 rings (SSSR count). The number of carboxylic acid groups (broad SMARTS) is 1. The van der Waals surface area contributed by atoms with E-state index in [0.717, 1.165) is 5.56 Å². The normalized spacial score (nSPS) is 8.83. The van der Waals surface area contributed by atoms with Crippen molar-refractivity contribution in [3.8, 4) is 12.1 Å². The summed E-state index contributed by atoms with van der Waals surface area (Å²) in [6.07, 6.45) is -0.0446. The van der Waals surface area contributed by atoms with Crippen molar-refractivity contribution in [3.63, 3.8) is 0 Å². The number of benzene rings is 1. The van der Waals surface area contributed by atoms with E-state index >= 15 is 0 Å². The number of nitriles is 2. The number of hydrazone groups is 1. The first-order chi connectivity index (χ1) is 8.56. The van der Waals surface area contributed by atoms with Gasteiger partial charge in [0.25, 0.3) is 0 Å². The minimum absolute atomic E-state index is 0.0446. The second-order valence-corrected chi connectivity index (χ2v) is 3.51. The largest absolute Gasteiger partial charge is 0.481 e. The van der Waals surface area contributed by atoms with E-state index < -0.39 is 5.97 Å². The van der Waals surface area contributed by atoms with Crippen LogP contribution in [0.5, 0.6) is 0 Å². The first-order valence-corrected chi connectivity index (χ1v) is 5.02. The fourth-order valence-electron chi connectivity index (χ4n) is 1.32. The molecular weight excluding hydrogens is 232 g/mol. The average molecular weight is 242 g/mol. The van der Waals surface area contributed by atoms with Crippen LogP contribution in [0.4, 0.5) is 5.69 Å². The van der Waals surface area contributed by atoms with E-state index in [1.807, 2.05) is 0 Å². The molecule has 0 fully saturated rings. The maximum Gasteiger partial charge on any atom is 0.307 e. The van der Waals surface area contributed by atoms with E-state index in [1.165, 1.54) is 0 Å². The standard InChI is InChI=1S/C12H10N4O2/c1-8-4-10(15-16-11(6-13)7-14)3-2-9(8)5-12(17)18/h2-4,15H,5H2,1H3,(H,17,18). The van der Waals surface area contributed by atoms with E-state index in [1.54, 1.807) is 37.3 Å². The fraction of sp³-hybridized carbons (Fsp3) is 0.167. The van der Waals surface area contributed by atoms with Gasteiger partial charge in [0.15, 0.2) is 0 Å². The molecule has 0 heterocycles. The van der Waals surface area contributed by atoms with Gasteiger partial charge >= 0.3 is 5.97 Å². The van der Waals surface area contributed by atoms with Crippen molar-refractivity contribution in [2.24, 2.45) is 5.10 Å². The molecule has 2 N–H and O–H groups in total. The predicted molar refractivity (Wildman–Crippen MR) is 64.8 cm³/mol. The van der Waals surface area contributed by atoms with Crippen LogP contribution in [0.3, 0.4) is 0 Å². The number of nitrogens with one attached hydrogen (secondary N) is 1. The maximum absolute atomic E-state index is 10.6.